The number of rotatable bonds is 16. The highest BCUT2D eigenvalue weighted by Gasteiger charge is 2.70. The lowest BCUT2D eigenvalue weighted by Gasteiger charge is -2.70. The molecule has 0 amide bonds. The second kappa shape index (κ2) is 26.3. The molecule has 0 spiro atoms. The summed E-state index contributed by atoms with van der Waals surface area (Å²) in [6.07, 6.45) is -30.5. The minimum absolute atomic E-state index is 0.0826. The third-order valence-electron chi connectivity index (χ3n) is 23.0. The Balaban J connectivity index is 0.884. The predicted octanol–water partition coefficient (Wildman–Crippen LogP) is -2.35. The molecule has 0 aromatic heterocycles. The van der Waals surface area contributed by atoms with Crippen molar-refractivity contribution in [2.24, 2.45) is 50.2 Å². The molecule has 5 heterocycles. The molecule has 10 aliphatic rings. The number of fused-ring (bicyclic) bond motifs is 7. The van der Waals surface area contributed by atoms with E-state index >= 15 is 4.79 Å². The van der Waals surface area contributed by atoms with E-state index in [0.717, 1.165) is 12.5 Å². The van der Waals surface area contributed by atoms with Crippen molar-refractivity contribution >= 4 is 17.9 Å². The topological polar surface area (TPSA) is 456 Å². The van der Waals surface area contributed by atoms with Crippen LogP contribution in [0.5, 0.6) is 0 Å². The average molecular weight is 1320 g/mol. The minimum Gasteiger partial charge on any atom is -0.481 e. The summed E-state index contributed by atoms with van der Waals surface area (Å²) in [6, 6.07) is 0. The molecule has 15 N–H and O–H groups in total. The van der Waals surface area contributed by atoms with E-state index in [-0.39, 0.29) is 23.7 Å². The van der Waals surface area contributed by atoms with E-state index in [1.807, 2.05) is 19.9 Å². The third kappa shape index (κ3) is 12.8. The molecule has 8 fully saturated rings. The summed E-state index contributed by atoms with van der Waals surface area (Å²) in [4.78, 5) is 39.5. The average Bonchev–Trinajstić information content (AvgIpc) is 0.675. The van der Waals surface area contributed by atoms with Crippen LogP contribution in [0.2, 0.25) is 0 Å². The second-order valence-corrected chi connectivity index (χ2v) is 30.2. The van der Waals surface area contributed by atoms with Crippen molar-refractivity contribution < 1.29 is 143 Å². The Labute approximate surface area is 533 Å². The Morgan fingerprint density at radius 3 is 1.89 bits per heavy atom. The summed E-state index contributed by atoms with van der Waals surface area (Å²) >= 11 is 0. The van der Waals surface area contributed by atoms with Gasteiger partial charge in [-0.15, -0.1) is 0 Å². The van der Waals surface area contributed by atoms with Crippen LogP contribution in [0.4, 0.5) is 0 Å². The van der Waals surface area contributed by atoms with Gasteiger partial charge in [-0.1, -0.05) is 72.3 Å². The fourth-order valence-electron chi connectivity index (χ4n) is 17.7. The van der Waals surface area contributed by atoms with Crippen molar-refractivity contribution in [3.8, 4) is 0 Å². The normalized spacial score (nSPS) is 50.5. The number of carboxylic acid groups (broad SMARTS) is 1. The maximum absolute atomic E-state index is 15.6. The van der Waals surface area contributed by atoms with Crippen molar-refractivity contribution in [2.45, 2.75) is 273 Å². The quantitative estimate of drug-likeness (QED) is 0.0437. The SMILES string of the molecule is CC1OC(OC2C(OC(=O)C34C=CC5(C)C(=CCC6C7(C)CC(O)C(OC8OC(CO)C(O)C(O)C8OC8OCC(OC(=O)CC(C)(O)CC(=O)O)C(O)C8O)C(C)(C)C7CCC65C)C3CC(C)(C)CC4)OCC(O)C2OC2OCC(O)C(O)C2O)C(O)C(O)C1O. The molecular weight excluding hydrogens is 1220 g/mol. The first-order chi connectivity index (χ1) is 42.8. The number of carbonyl (C=O) groups is 3. The number of hydrogen-bond donors (Lipinski definition) is 15. The number of allylic oxidation sites excluding steroid dienone is 3. The molecule has 0 aromatic carbocycles. The number of esters is 2. The fraction of sp³-hybridized carbons (Fsp3) is 0.889. The van der Waals surface area contributed by atoms with E-state index < -0.39 is 243 Å². The summed E-state index contributed by atoms with van der Waals surface area (Å²) in [7, 11) is 0. The fourth-order valence-corrected chi connectivity index (χ4v) is 17.7. The lowest BCUT2D eigenvalue weighted by molar-refractivity contribution is -0.375. The minimum atomic E-state index is -1.99. The van der Waals surface area contributed by atoms with Gasteiger partial charge in [-0.25, -0.2) is 0 Å². The summed E-state index contributed by atoms with van der Waals surface area (Å²) in [5, 5.41) is 163. The zero-order valence-corrected chi connectivity index (χ0v) is 53.4. The molecule has 32 atom stereocenters. The molecule has 0 bridgehead atoms. The molecule has 10 rings (SSSR count). The monoisotopic (exact) mass is 1320 g/mol. The lowest BCUT2D eigenvalue weighted by atomic mass is 9.34. The molecule has 5 saturated heterocycles. The lowest BCUT2D eigenvalue weighted by Crippen LogP contribution is -2.68. The van der Waals surface area contributed by atoms with Crippen molar-refractivity contribution in [1.29, 1.82) is 0 Å². The van der Waals surface area contributed by atoms with Crippen molar-refractivity contribution in [1.82, 2.24) is 0 Å². The summed E-state index contributed by atoms with van der Waals surface area (Å²) < 4.78 is 66.0. The van der Waals surface area contributed by atoms with Gasteiger partial charge in [0.05, 0.1) is 68.6 Å². The van der Waals surface area contributed by atoms with E-state index in [2.05, 4.69) is 46.8 Å². The Kier molecular flexibility index (Phi) is 20.5. The molecule has 92 heavy (non-hydrogen) atoms. The molecule has 29 heteroatoms. The van der Waals surface area contributed by atoms with Gasteiger partial charge in [0.15, 0.2) is 37.4 Å². The van der Waals surface area contributed by atoms with Crippen LogP contribution < -0.4 is 0 Å². The Hall–Kier alpha value is -3.03. The van der Waals surface area contributed by atoms with Crippen LogP contribution in [0.25, 0.3) is 0 Å². The van der Waals surface area contributed by atoms with Gasteiger partial charge in [-0.3, -0.25) is 14.4 Å². The molecule has 5 aliphatic carbocycles. The van der Waals surface area contributed by atoms with Gasteiger partial charge in [0.25, 0.3) is 0 Å². The van der Waals surface area contributed by atoms with Gasteiger partial charge in [-0.05, 0) is 92.3 Å². The summed E-state index contributed by atoms with van der Waals surface area (Å²) in [6.45, 7) is 15.1. The first-order valence-electron chi connectivity index (χ1n) is 32.2. The number of aliphatic hydroxyl groups is 14. The Morgan fingerprint density at radius 1 is 0.598 bits per heavy atom. The number of carbonyl (C=O) groups excluding carboxylic acids is 2. The number of ether oxygens (including phenoxy) is 11. The number of aliphatic hydroxyl groups excluding tert-OH is 13. The van der Waals surface area contributed by atoms with Gasteiger partial charge in [0.2, 0.25) is 6.29 Å². The molecule has 0 radical (unpaired) electrons. The standard InChI is InChI=1S/C63H98O29/c1-26-38(71)42(75)46(79)53(85-26)90-49-47(88-51-44(77)39(72)30(66)23-82-51)31(67)24-83-54(49)92-56(80)63-16-14-57(2,3)18-28(63)27-10-11-35-60(7)19-29(65)50(58(4,5)34(60)12-13-62(35,9)61(27,8)15-17-63)91-55-48(43(76)40(73)32(22-64)87-55)89-52-45(78)41(74)33(25-84-52)86-37(70)21-59(6,81)20-36(68)69/h10,15,17,26,28-35,38-55,64-67,71-79,81H,11-14,16,18-25H2,1-9H3,(H,68,69). The van der Waals surface area contributed by atoms with E-state index in [1.54, 1.807) is 0 Å². The van der Waals surface area contributed by atoms with Crippen LogP contribution in [0, 0.1) is 50.2 Å². The maximum atomic E-state index is 15.6. The van der Waals surface area contributed by atoms with Crippen molar-refractivity contribution in [3.05, 3.63) is 23.8 Å². The number of aliphatic carboxylic acids is 1. The van der Waals surface area contributed by atoms with Crippen LogP contribution in [0.1, 0.15) is 120 Å². The first-order valence-corrected chi connectivity index (χ1v) is 32.2. The molecule has 524 valence electrons. The largest absolute Gasteiger partial charge is 0.481 e. The van der Waals surface area contributed by atoms with E-state index in [9.17, 15) is 81.1 Å². The van der Waals surface area contributed by atoms with Crippen LogP contribution in [0.3, 0.4) is 0 Å². The zero-order valence-electron chi connectivity index (χ0n) is 53.4. The smallest absolute Gasteiger partial charge is 0.318 e. The van der Waals surface area contributed by atoms with E-state index in [0.29, 0.717) is 38.5 Å². The van der Waals surface area contributed by atoms with E-state index in [4.69, 9.17) is 57.2 Å². The molecule has 3 saturated carbocycles. The second-order valence-electron chi connectivity index (χ2n) is 30.2. The predicted molar refractivity (Wildman–Crippen MR) is 309 cm³/mol. The molecule has 5 aliphatic heterocycles. The molecule has 29 nitrogen and oxygen atoms in total. The highest BCUT2D eigenvalue weighted by Crippen LogP contribution is 2.75. The summed E-state index contributed by atoms with van der Waals surface area (Å²) in [5.41, 5.74) is -5.16. The van der Waals surface area contributed by atoms with E-state index in [1.165, 1.54) is 6.92 Å². The summed E-state index contributed by atoms with van der Waals surface area (Å²) in [5.74, 6) is -3.83. The number of hydrogen-bond acceptors (Lipinski definition) is 28. The van der Waals surface area contributed by atoms with Crippen LogP contribution in [-0.2, 0) is 66.5 Å². The Morgan fingerprint density at radius 2 is 1.22 bits per heavy atom. The van der Waals surface area contributed by atoms with Gasteiger partial charge >= 0.3 is 17.9 Å². The van der Waals surface area contributed by atoms with Crippen LogP contribution in [-0.4, -0.2) is 274 Å². The third-order valence-corrected chi connectivity index (χ3v) is 23.0. The van der Waals surface area contributed by atoms with Gasteiger partial charge < -0.3 is 129 Å². The van der Waals surface area contributed by atoms with Crippen molar-refractivity contribution in [2.75, 3.05) is 26.4 Å². The highest BCUT2D eigenvalue weighted by atomic mass is 16.8. The van der Waals surface area contributed by atoms with Crippen molar-refractivity contribution in [3.63, 3.8) is 0 Å². The zero-order chi connectivity index (χ0) is 67.5. The highest BCUT2D eigenvalue weighted by molar-refractivity contribution is 5.81. The Bertz CT molecular complexity index is 2710. The van der Waals surface area contributed by atoms with Gasteiger partial charge in [0.1, 0.15) is 85.5 Å². The van der Waals surface area contributed by atoms with Gasteiger partial charge in [0, 0.05) is 11.3 Å². The molecular formula is C63H98O29. The number of carboxylic acids is 1. The van der Waals surface area contributed by atoms with Gasteiger partial charge in [-0.2, -0.15) is 0 Å². The molecule has 0 aromatic rings. The van der Waals surface area contributed by atoms with Crippen LogP contribution in [0.15, 0.2) is 23.8 Å². The van der Waals surface area contributed by atoms with Crippen LogP contribution >= 0.6 is 0 Å². The molecule has 32 unspecified atom stereocenters. The first kappa shape index (κ1) is 71.7. The maximum Gasteiger partial charge on any atom is 0.318 e.